The molecule has 1 aliphatic heterocycles. The van der Waals surface area contributed by atoms with Crippen LogP contribution >= 0.6 is 35.3 Å². The van der Waals surface area contributed by atoms with Gasteiger partial charge in [-0.1, -0.05) is 54.3 Å². The Balaban J connectivity index is 1.48. The smallest absolute Gasteiger partial charge is 0.236 e. The van der Waals surface area contributed by atoms with E-state index >= 15 is 0 Å². The van der Waals surface area contributed by atoms with Crippen molar-refractivity contribution in [1.82, 2.24) is 9.88 Å². The molecule has 0 atom stereocenters. The first-order chi connectivity index (χ1) is 11.7. The van der Waals surface area contributed by atoms with Gasteiger partial charge in [0.15, 0.2) is 5.13 Å². The molecule has 1 aromatic heterocycles. The van der Waals surface area contributed by atoms with Crippen LogP contribution in [0.3, 0.4) is 0 Å². The van der Waals surface area contributed by atoms with Crippen LogP contribution in [0.5, 0.6) is 0 Å². The van der Waals surface area contributed by atoms with Crippen molar-refractivity contribution in [2.45, 2.75) is 0 Å². The zero-order valence-electron chi connectivity index (χ0n) is 12.9. The number of aromatic nitrogens is 1. The highest BCUT2D eigenvalue weighted by molar-refractivity contribution is 8.23. The number of benzene rings is 1. The van der Waals surface area contributed by atoms with Crippen molar-refractivity contribution in [3.63, 3.8) is 0 Å². The lowest BCUT2D eigenvalue weighted by molar-refractivity contribution is -0.113. The highest BCUT2D eigenvalue weighted by Crippen LogP contribution is 2.24. The second-order valence-electron chi connectivity index (χ2n) is 5.11. The van der Waals surface area contributed by atoms with E-state index in [9.17, 15) is 4.79 Å². The minimum absolute atomic E-state index is 0.0930. The average Bonchev–Trinajstić information content (AvgIpc) is 3.09. The van der Waals surface area contributed by atoms with E-state index in [1.807, 2.05) is 35.7 Å². The molecule has 8 heteroatoms. The van der Waals surface area contributed by atoms with Crippen LogP contribution in [0, 0.1) is 0 Å². The monoisotopic (exact) mass is 379 g/mol. The summed E-state index contributed by atoms with van der Waals surface area (Å²) in [5.41, 5.74) is 1.91. The van der Waals surface area contributed by atoms with Gasteiger partial charge in [-0.3, -0.25) is 4.79 Å². The van der Waals surface area contributed by atoms with Gasteiger partial charge in [0.05, 0.1) is 24.7 Å². The van der Waals surface area contributed by atoms with Crippen molar-refractivity contribution in [1.29, 1.82) is 0 Å². The SMILES string of the molecule is O=C(CSC(=S)N1CCOCC1)Nc1nc(-c2ccccc2)cs1. The Labute approximate surface area is 154 Å². The number of hydrogen-bond donors (Lipinski definition) is 1. The first kappa shape index (κ1) is 17.3. The maximum atomic E-state index is 12.1. The van der Waals surface area contributed by atoms with Gasteiger partial charge in [-0.2, -0.15) is 0 Å². The Morgan fingerprint density at radius 1 is 1.33 bits per heavy atom. The molecule has 1 aliphatic rings. The van der Waals surface area contributed by atoms with Crippen molar-refractivity contribution in [3.8, 4) is 11.3 Å². The van der Waals surface area contributed by atoms with Crippen LogP contribution in [-0.2, 0) is 9.53 Å². The van der Waals surface area contributed by atoms with Gasteiger partial charge in [0.2, 0.25) is 5.91 Å². The molecule has 5 nitrogen and oxygen atoms in total. The van der Waals surface area contributed by atoms with E-state index in [2.05, 4.69) is 15.2 Å². The molecule has 2 heterocycles. The predicted molar refractivity (Wildman–Crippen MR) is 104 cm³/mol. The molecular weight excluding hydrogens is 362 g/mol. The summed E-state index contributed by atoms with van der Waals surface area (Å²) in [6.07, 6.45) is 0. The van der Waals surface area contributed by atoms with Crippen LogP contribution in [0.2, 0.25) is 0 Å². The van der Waals surface area contributed by atoms with E-state index in [1.165, 1.54) is 23.1 Å². The van der Waals surface area contributed by atoms with Crippen LogP contribution in [0.4, 0.5) is 5.13 Å². The minimum atomic E-state index is -0.0930. The molecule has 1 fully saturated rings. The second kappa shape index (κ2) is 8.57. The van der Waals surface area contributed by atoms with Gasteiger partial charge < -0.3 is 15.0 Å². The molecule has 1 N–H and O–H groups in total. The van der Waals surface area contributed by atoms with Crippen LogP contribution in [0.15, 0.2) is 35.7 Å². The zero-order chi connectivity index (χ0) is 16.8. The van der Waals surface area contributed by atoms with Crippen LogP contribution in [0.1, 0.15) is 0 Å². The number of nitrogens with zero attached hydrogens (tertiary/aromatic N) is 2. The van der Waals surface area contributed by atoms with Gasteiger partial charge in [-0.05, 0) is 0 Å². The summed E-state index contributed by atoms with van der Waals surface area (Å²) in [6.45, 7) is 2.96. The molecule has 0 bridgehead atoms. The number of rotatable bonds is 4. The molecule has 0 aliphatic carbocycles. The maximum Gasteiger partial charge on any atom is 0.236 e. The summed E-state index contributed by atoms with van der Waals surface area (Å²) in [7, 11) is 0. The zero-order valence-corrected chi connectivity index (χ0v) is 15.4. The molecule has 1 aromatic carbocycles. The van der Waals surface area contributed by atoms with E-state index in [1.54, 1.807) is 0 Å². The molecule has 126 valence electrons. The fraction of sp³-hybridized carbons (Fsp3) is 0.312. The Morgan fingerprint density at radius 2 is 2.08 bits per heavy atom. The quantitative estimate of drug-likeness (QED) is 0.824. The number of thiocarbonyl (C=S) groups is 1. The number of morpholine rings is 1. The second-order valence-corrected chi connectivity index (χ2v) is 7.57. The summed E-state index contributed by atoms with van der Waals surface area (Å²) in [5.74, 6) is 0.195. The van der Waals surface area contributed by atoms with E-state index in [4.69, 9.17) is 17.0 Å². The molecule has 2 aromatic rings. The molecule has 24 heavy (non-hydrogen) atoms. The molecule has 0 radical (unpaired) electrons. The Hall–Kier alpha value is -1.48. The van der Waals surface area contributed by atoms with Crippen LogP contribution in [0.25, 0.3) is 11.3 Å². The third-order valence-corrected chi connectivity index (χ3v) is 5.70. The molecule has 3 rings (SSSR count). The Morgan fingerprint density at radius 3 is 2.83 bits per heavy atom. The maximum absolute atomic E-state index is 12.1. The number of thiazole rings is 1. The summed E-state index contributed by atoms with van der Waals surface area (Å²) < 4.78 is 6.04. The first-order valence-corrected chi connectivity index (χ1v) is 9.80. The largest absolute Gasteiger partial charge is 0.378 e. The average molecular weight is 380 g/mol. The van der Waals surface area contributed by atoms with Gasteiger partial charge in [-0.15, -0.1) is 11.3 Å². The first-order valence-electron chi connectivity index (χ1n) is 7.52. The van der Waals surface area contributed by atoms with Gasteiger partial charge in [0.1, 0.15) is 4.32 Å². The predicted octanol–water partition coefficient (Wildman–Crippen LogP) is 3.10. The summed E-state index contributed by atoms with van der Waals surface area (Å²) in [4.78, 5) is 18.6. The number of carbonyl (C=O) groups is 1. The highest BCUT2D eigenvalue weighted by Gasteiger charge is 2.16. The lowest BCUT2D eigenvalue weighted by atomic mass is 10.2. The van der Waals surface area contributed by atoms with Gasteiger partial charge in [0, 0.05) is 24.0 Å². The summed E-state index contributed by atoms with van der Waals surface area (Å²) in [5, 5.41) is 5.38. The fourth-order valence-corrected chi connectivity index (χ4v) is 3.98. The molecular formula is C16H17N3O2S3. The van der Waals surface area contributed by atoms with E-state index in [-0.39, 0.29) is 11.7 Å². The van der Waals surface area contributed by atoms with Crippen molar-refractivity contribution >= 4 is 50.7 Å². The van der Waals surface area contributed by atoms with Crippen molar-refractivity contribution < 1.29 is 9.53 Å². The number of thioether (sulfide) groups is 1. The molecule has 1 amide bonds. The summed E-state index contributed by atoms with van der Waals surface area (Å²) >= 11 is 8.17. The lowest BCUT2D eigenvalue weighted by Crippen LogP contribution is -2.39. The fourth-order valence-electron chi connectivity index (χ4n) is 2.19. The number of nitrogens with one attached hydrogen (secondary N) is 1. The van der Waals surface area contributed by atoms with Crippen molar-refractivity contribution in [2.75, 3.05) is 37.4 Å². The van der Waals surface area contributed by atoms with E-state index < -0.39 is 0 Å². The standard InChI is InChI=1S/C16H17N3O2S3/c20-14(11-24-16(22)19-6-8-21-9-7-19)18-15-17-13(10-23-15)12-4-2-1-3-5-12/h1-5,10H,6-9,11H2,(H,17,18,20). The summed E-state index contributed by atoms with van der Waals surface area (Å²) in [6, 6.07) is 9.90. The van der Waals surface area contributed by atoms with Gasteiger partial charge in [-0.25, -0.2) is 4.98 Å². The number of amides is 1. The van der Waals surface area contributed by atoms with E-state index in [0.717, 1.165) is 28.7 Å². The van der Waals surface area contributed by atoms with Crippen LogP contribution < -0.4 is 5.32 Å². The van der Waals surface area contributed by atoms with Gasteiger partial charge in [0.25, 0.3) is 0 Å². The number of anilines is 1. The molecule has 0 spiro atoms. The van der Waals surface area contributed by atoms with Gasteiger partial charge >= 0.3 is 0 Å². The number of ether oxygens (including phenoxy) is 1. The third-order valence-electron chi connectivity index (χ3n) is 3.42. The highest BCUT2D eigenvalue weighted by atomic mass is 32.2. The third kappa shape index (κ3) is 4.76. The van der Waals surface area contributed by atoms with E-state index in [0.29, 0.717) is 18.3 Å². The van der Waals surface area contributed by atoms with Crippen molar-refractivity contribution in [3.05, 3.63) is 35.7 Å². The Bertz CT molecular complexity index is 700. The number of hydrogen-bond acceptors (Lipinski definition) is 6. The lowest BCUT2D eigenvalue weighted by Gasteiger charge is -2.28. The minimum Gasteiger partial charge on any atom is -0.378 e. The number of carbonyl (C=O) groups excluding carboxylic acids is 1. The topological polar surface area (TPSA) is 54.5 Å². The van der Waals surface area contributed by atoms with Crippen molar-refractivity contribution in [2.24, 2.45) is 0 Å². The molecule has 0 unspecified atom stereocenters. The Kier molecular flexibility index (Phi) is 6.19. The molecule has 1 saturated heterocycles. The molecule has 0 saturated carbocycles. The van der Waals surface area contributed by atoms with Crippen LogP contribution in [-0.4, -0.2) is 52.2 Å². The normalized spacial score (nSPS) is 14.4.